The number of rotatable bonds is 7. The highest BCUT2D eigenvalue weighted by Crippen LogP contribution is 1.99. The molecule has 0 unspecified atom stereocenters. The molecule has 1 amide bonds. The summed E-state index contributed by atoms with van der Waals surface area (Å²) in [6, 6.07) is 0. The van der Waals surface area contributed by atoms with Gasteiger partial charge in [-0.1, -0.05) is 29.3 Å². The van der Waals surface area contributed by atoms with Crippen molar-refractivity contribution in [3.05, 3.63) is 0 Å². The van der Waals surface area contributed by atoms with Crippen LogP contribution in [-0.2, 0) is 14.6 Å². The van der Waals surface area contributed by atoms with Crippen LogP contribution in [0.1, 0.15) is 19.8 Å². The number of carbonyl (C=O) groups is 1. The van der Waals surface area contributed by atoms with Crippen molar-refractivity contribution in [3.63, 3.8) is 0 Å². The zero-order valence-corrected chi connectivity index (χ0v) is 11.6. The van der Waals surface area contributed by atoms with Crippen molar-refractivity contribution in [3.8, 4) is 0 Å². The Labute approximate surface area is 100 Å². The minimum Gasteiger partial charge on any atom is -0.341 e. The average Bonchev–Trinajstić information content (AvgIpc) is 2.09. The molecule has 0 heterocycles. The van der Waals surface area contributed by atoms with Crippen molar-refractivity contribution >= 4 is 31.7 Å². The van der Waals surface area contributed by atoms with Crippen LogP contribution in [0.3, 0.4) is 0 Å². The first-order chi connectivity index (χ1) is 6.90. The zero-order chi connectivity index (χ0) is 11.9. The molecular weight excluding hydrogens is 282 g/mol. The van der Waals surface area contributed by atoms with Gasteiger partial charge in [-0.2, -0.15) is 0 Å². The summed E-state index contributed by atoms with van der Waals surface area (Å²) in [4.78, 5) is 13.2. The molecule has 4 nitrogen and oxygen atoms in total. The molecule has 0 bridgehead atoms. The first-order valence-electron chi connectivity index (χ1n) is 4.92. The molecule has 0 aliphatic heterocycles. The number of amides is 1. The topological polar surface area (TPSA) is 54.5 Å². The quantitative estimate of drug-likeness (QED) is 0.661. The largest absolute Gasteiger partial charge is 0.341 e. The van der Waals surface area contributed by atoms with Crippen LogP contribution in [-0.4, -0.2) is 49.7 Å². The third-order valence-corrected chi connectivity index (χ3v) is 3.00. The summed E-state index contributed by atoms with van der Waals surface area (Å²) in [6.07, 6.45) is 2.98. The van der Waals surface area contributed by atoms with Crippen LogP contribution in [0, 0.1) is 0 Å². The lowest BCUT2D eigenvalue weighted by atomic mass is 10.3. The standard InChI is InChI=1S/C9H18BrNO3S/c1-3-4-6-11(7-5-10)9(12)8-15(2,13)14/h3-8H2,1-2H3. The minimum atomic E-state index is -3.22. The van der Waals surface area contributed by atoms with Gasteiger partial charge >= 0.3 is 0 Å². The van der Waals surface area contributed by atoms with Crippen LogP contribution in [0.25, 0.3) is 0 Å². The number of halogens is 1. The van der Waals surface area contributed by atoms with Gasteiger partial charge in [-0.15, -0.1) is 0 Å². The molecule has 0 radical (unpaired) electrons. The number of unbranched alkanes of at least 4 members (excludes halogenated alkanes) is 1. The maximum absolute atomic E-state index is 11.6. The van der Waals surface area contributed by atoms with Gasteiger partial charge in [-0.3, -0.25) is 4.79 Å². The third-order valence-electron chi connectivity index (χ3n) is 1.87. The zero-order valence-electron chi connectivity index (χ0n) is 9.20. The van der Waals surface area contributed by atoms with Crippen LogP contribution in [0.15, 0.2) is 0 Å². The molecule has 90 valence electrons. The number of sulfone groups is 1. The van der Waals surface area contributed by atoms with Crippen LogP contribution < -0.4 is 0 Å². The predicted octanol–water partition coefficient (Wildman–Crippen LogP) is 1.05. The van der Waals surface area contributed by atoms with E-state index >= 15 is 0 Å². The average molecular weight is 300 g/mol. The van der Waals surface area contributed by atoms with E-state index in [1.165, 1.54) is 0 Å². The van der Waals surface area contributed by atoms with Crippen LogP contribution >= 0.6 is 15.9 Å². The molecule has 0 saturated carbocycles. The Bertz CT molecular complexity index is 290. The van der Waals surface area contributed by atoms with Crippen LogP contribution in [0.2, 0.25) is 0 Å². The van der Waals surface area contributed by atoms with E-state index < -0.39 is 9.84 Å². The van der Waals surface area contributed by atoms with E-state index in [0.29, 0.717) is 18.4 Å². The highest BCUT2D eigenvalue weighted by molar-refractivity contribution is 9.09. The molecule has 0 rings (SSSR count). The van der Waals surface area contributed by atoms with Gasteiger partial charge < -0.3 is 4.90 Å². The number of carbonyl (C=O) groups excluding carboxylic acids is 1. The predicted molar refractivity (Wildman–Crippen MR) is 65.0 cm³/mol. The minimum absolute atomic E-state index is 0.301. The van der Waals surface area contributed by atoms with Crippen molar-refractivity contribution in [2.75, 3.05) is 30.4 Å². The molecule has 0 aromatic carbocycles. The van der Waals surface area contributed by atoms with Crippen LogP contribution in [0.5, 0.6) is 0 Å². The molecule has 6 heteroatoms. The Morgan fingerprint density at radius 1 is 1.33 bits per heavy atom. The van der Waals surface area contributed by atoms with Gasteiger partial charge in [0.15, 0.2) is 9.84 Å². The fourth-order valence-corrected chi connectivity index (χ4v) is 2.19. The van der Waals surface area contributed by atoms with Crippen molar-refractivity contribution in [1.29, 1.82) is 0 Å². The first-order valence-corrected chi connectivity index (χ1v) is 8.10. The second-order valence-corrected chi connectivity index (χ2v) is 6.43. The van der Waals surface area contributed by atoms with Gasteiger partial charge in [0.1, 0.15) is 5.75 Å². The Kier molecular flexibility index (Phi) is 7.17. The maximum Gasteiger partial charge on any atom is 0.237 e. The summed E-state index contributed by atoms with van der Waals surface area (Å²) >= 11 is 3.25. The Hall–Kier alpha value is -0.100. The second kappa shape index (κ2) is 7.22. The molecular formula is C9H18BrNO3S. The number of alkyl halides is 1. The van der Waals surface area contributed by atoms with Crippen molar-refractivity contribution in [2.24, 2.45) is 0 Å². The molecule has 15 heavy (non-hydrogen) atoms. The highest BCUT2D eigenvalue weighted by atomic mass is 79.9. The third kappa shape index (κ3) is 7.79. The van der Waals surface area contributed by atoms with Crippen molar-refractivity contribution in [1.82, 2.24) is 4.90 Å². The molecule has 0 atom stereocenters. The molecule has 0 aromatic heterocycles. The summed E-state index contributed by atoms with van der Waals surface area (Å²) in [7, 11) is -3.22. The Morgan fingerprint density at radius 3 is 2.33 bits per heavy atom. The van der Waals surface area contributed by atoms with Gasteiger partial charge in [0.05, 0.1) is 0 Å². The lowest BCUT2D eigenvalue weighted by molar-refractivity contribution is -0.128. The fraction of sp³-hybridized carbons (Fsp3) is 0.889. The molecule has 0 aromatic rings. The first kappa shape index (κ1) is 14.9. The lowest BCUT2D eigenvalue weighted by Gasteiger charge is -2.20. The van der Waals surface area contributed by atoms with Gasteiger partial charge in [-0.05, 0) is 6.42 Å². The normalized spacial score (nSPS) is 11.4. The van der Waals surface area contributed by atoms with E-state index in [-0.39, 0.29) is 11.7 Å². The maximum atomic E-state index is 11.6. The SMILES string of the molecule is CCCCN(CCBr)C(=O)CS(C)(=O)=O. The fourth-order valence-electron chi connectivity index (χ4n) is 1.13. The number of hydrogen-bond acceptors (Lipinski definition) is 3. The Balaban J connectivity index is 4.28. The molecule has 0 aliphatic rings. The molecule has 0 saturated heterocycles. The molecule has 0 spiro atoms. The Morgan fingerprint density at radius 2 is 1.93 bits per heavy atom. The lowest BCUT2D eigenvalue weighted by Crippen LogP contribution is -2.37. The van der Waals surface area contributed by atoms with Gasteiger partial charge in [-0.25, -0.2) is 8.42 Å². The molecule has 0 N–H and O–H groups in total. The second-order valence-electron chi connectivity index (χ2n) is 3.49. The van der Waals surface area contributed by atoms with E-state index in [0.717, 1.165) is 19.1 Å². The number of hydrogen-bond donors (Lipinski definition) is 0. The van der Waals surface area contributed by atoms with E-state index in [1.807, 2.05) is 6.92 Å². The summed E-state index contributed by atoms with van der Waals surface area (Å²) in [5.74, 6) is -0.686. The van der Waals surface area contributed by atoms with Crippen molar-refractivity contribution in [2.45, 2.75) is 19.8 Å². The number of nitrogens with zero attached hydrogens (tertiary/aromatic N) is 1. The van der Waals surface area contributed by atoms with Gasteiger partial charge in [0.2, 0.25) is 5.91 Å². The molecule has 0 aliphatic carbocycles. The summed E-state index contributed by atoms with van der Waals surface area (Å²) < 4.78 is 21.9. The highest BCUT2D eigenvalue weighted by Gasteiger charge is 2.17. The molecule has 0 fully saturated rings. The van der Waals surface area contributed by atoms with Crippen molar-refractivity contribution < 1.29 is 13.2 Å². The summed E-state index contributed by atoms with van der Waals surface area (Å²) in [6.45, 7) is 3.23. The van der Waals surface area contributed by atoms with Crippen LogP contribution in [0.4, 0.5) is 0 Å². The van der Waals surface area contributed by atoms with Gasteiger partial charge in [0.25, 0.3) is 0 Å². The summed E-state index contributed by atoms with van der Waals surface area (Å²) in [5.41, 5.74) is 0. The van der Waals surface area contributed by atoms with E-state index in [2.05, 4.69) is 15.9 Å². The monoisotopic (exact) mass is 299 g/mol. The van der Waals surface area contributed by atoms with E-state index in [4.69, 9.17) is 0 Å². The smallest absolute Gasteiger partial charge is 0.237 e. The summed E-state index contributed by atoms with van der Waals surface area (Å²) in [5, 5.41) is 0.673. The van der Waals surface area contributed by atoms with E-state index in [9.17, 15) is 13.2 Å². The van der Waals surface area contributed by atoms with E-state index in [1.54, 1.807) is 4.90 Å². The van der Waals surface area contributed by atoms with Gasteiger partial charge in [0, 0.05) is 24.7 Å².